The second kappa shape index (κ2) is 17.5. The third-order valence-electron chi connectivity index (χ3n) is 13.8. The van der Waals surface area contributed by atoms with Gasteiger partial charge in [0, 0.05) is 17.1 Å². The topological polar surface area (TPSA) is 3.24 Å². The minimum absolute atomic E-state index is 0.523. The van der Waals surface area contributed by atoms with Gasteiger partial charge in [-0.25, -0.2) is 0 Å². The molecule has 0 aromatic heterocycles. The quantitative estimate of drug-likeness (QED) is 0.132. The zero-order valence-electron chi connectivity index (χ0n) is 37.6. The molecule has 0 aliphatic heterocycles. The van der Waals surface area contributed by atoms with Gasteiger partial charge in [-0.2, -0.15) is 0 Å². The van der Waals surface area contributed by atoms with Crippen LogP contribution in [0, 0.1) is 0 Å². The molecule has 0 spiro atoms. The lowest BCUT2D eigenvalue weighted by Crippen LogP contribution is -2.28. The summed E-state index contributed by atoms with van der Waals surface area (Å²) in [7, 11) is 0. The number of rotatable bonds is 10. The molecule has 0 radical (unpaired) electrons. The second-order valence-electron chi connectivity index (χ2n) is 17.6. The molecule has 0 saturated carbocycles. The zero-order chi connectivity index (χ0) is 45.3. The van der Waals surface area contributed by atoms with Crippen LogP contribution >= 0.6 is 0 Å². The Morgan fingerprint density at radius 3 is 1.09 bits per heavy atom. The number of hydrogen-bond donors (Lipinski definition) is 0. The van der Waals surface area contributed by atoms with E-state index in [1.165, 1.54) is 83.5 Å². The molecule has 0 unspecified atom stereocenters. The number of fused-ring (bicyclic) bond motifs is 3. The van der Waals surface area contributed by atoms with E-state index in [1.54, 1.807) is 0 Å². The van der Waals surface area contributed by atoms with E-state index in [9.17, 15) is 0 Å². The standard InChI is InChI=1S/C67H47N/c1-7-21-48(22-8-1)50-35-39-57(40-36-50)68(59-43-44-61-60-33-19-20-34-64(60)67(65(61)47-59,55-29-15-5-16-30-55)56-31-17-6-18-32-56)58-41-37-53(38-42-58)66-62(51-25-11-3-12-26-51)45-54(49-23-9-2-10-24-49)46-63(66)52-27-13-4-14-28-52/h1-47H. The summed E-state index contributed by atoms with van der Waals surface area (Å²) in [6.07, 6.45) is 0. The number of anilines is 3. The maximum Gasteiger partial charge on any atom is 0.0714 e. The highest BCUT2D eigenvalue weighted by Crippen LogP contribution is 2.57. The molecular weight excluding hydrogens is 819 g/mol. The van der Waals surface area contributed by atoms with Gasteiger partial charge < -0.3 is 4.90 Å². The highest BCUT2D eigenvalue weighted by Gasteiger charge is 2.46. The largest absolute Gasteiger partial charge is 0.310 e. The average Bonchev–Trinajstić information content (AvgIpc) is 3.73. The molecule has 1 aliphatic carbocycles. The van der Waals surface area contributed by atoms with E-state index in [4.69, 9.17) is 0 Å². The summed E-state index contributed by atoms with van der Waals surface area (Å²) in [4.78, 5) is 2.43. The van der Waals surface area contributed by atoms with Gasteiger partial charge in [0.2, 0.25) is 0 Å². The second-order valence-corrected chi connectivity index (χ2v) is 17.6. The molecular formula is C67H47N. The summed E-state index contributed by atoms with van der Waals surface area (Å²) in [5, 5.41) is 0. The first kappa shape index (κ1) is 40.7. The lowest BCUT2D eigenvalue weighted by Gasteiger charge is -2.35. The van der Waals surface area contributed by atoms with Gasteiger partial charge in [0.05, 0.1) is 5.41 Å². The maximum atomic E-state index is 2.46. The number of hydrogen-bond acceptors (Lipinski definition) is 1. The molecule has 320 valence electrons. The number of nitrogens with zero attached hydrogens (tertiary/aromatic N) is 1. The normalized spacial score (nSPS) is 12.2. The summed E-state index contributed by atoms with van der Waals surface area (Å²) in [5.41, 5.74) is 22.2. The Kier molecular flexibility index (Phi) is 10.5. The van der Waals surface area contributed by atoms with Gasteiger partial charge in [-0.3, -0.25) is 0 Å². The monoisotopic (exact) mass is 865 g/mol. The Morgan fingerprint density at radius 1 is 0.221 bits per heavy atom. The van der Waals surface area contributed by atoms with Gasteiger partial charge in [-0.05, 0) is 138 Å². The molecule has 11 aromatic rings. The van der Waals surface area contributed by atoms with Gasteiger partial charge in [0.25, 0.3) is 0 Å². The van der Waals surface area contributed by atoms with Gasteiger partial charge in [0.1, 0.15) is 0 Å². The Labute approximate surface area is 399 Å². The van der Waals surface area contributed by atoms with Gasteiger partial charge >= 0.3 is 0 Å². The number of benzene rings is 11. The summed E-state index contributed by atoms with van der Waals surface area (Å²) in [6, 6.07) is 104. The van der Waals surface area contributed by atoms with E-state index < -0.39 is 5.41 Å². The van der Waals surface area contributed by atoms with E-state index in [1.807, 2.05) is 0 Å². The van der Waals surface area contributed by atoms with Gasteiger partial charge in [-0.1, -0.05) is 237 Å². The van der Waals surface area contributed by atoms with Crippen molar-refractivity contribution in [1.82, 2.24) is 0 Å². The van der Waals surface area contributed by atoms with E-state index >= 15 is 0 Å². The predicted molar refractivity (Wildman–Crippen MR) is 286 cm³/mol. The van der Waals surface area contributed by atoms with Crippen LogP contribution < -0.4 is 4.90 Å². The molecule has 11 aromatic carbocycles. The smallest absolute Gasteiger partial charge is 0.0714 e. The maximum absolute atomic E-state index is 2.46. The third-order valence-corrected chi connectivity index (χ3v) is 13.8. The molecule has 68 heavy (non-hydrogen) atoms. The van der Waals surface area contributed by atoms with Crippen LogP contribution in [-0.4, -0.2) is 0 Å². The van der Waals surface area contributed by atoms with E-state index in [0.717, 1.165) is 22.6 Å². The van der Waals surface area contributed by atoms with Crippen molar-refractivity contribution in [2.24, 2.45) is 0 Å². The van der Waals surface area contributed by atoms with Crippen LogP contribution in [0.5, 0.6) is 0 Å². The zero-order valence-corrected chi connectivity index (χ0v) is 37.6. The van der Waals surface area contributed by atoms with Crippen molar-refractivity contribution in [2.75, 3.05) is 4.90 Å². The molecule has 0 saturated heterocycles. The van der Waals surface area contributed by atoms with Crippen LogP contribution in [0.3, 0.4) is 0 Å². The van der Waals surface area contributed by atoms with Crippen molar-refractivity contribution in [2.45, 2.75) is 5.41 Å². The molecule has 1 nitrogen and oxygen atoms in total. The lowest BCUT2D eigenvalue weighted by molar-refractivity contribution is 0.768. The van der Waals surface area contributed by atoms with Crippen LogP contribution in [0.2, 0.25) is 0 Å². The fourth-order valence-electron chi connectivity index (χ4n) is 10.7. The van der Waals surface area contributed by atoms with Crippen molar-refractivity contribution in [1.29, 1.82) is 0 Å². The molecule has 0 bridgehead atoms. The van der Waals surface area contributed by atoms with Crippen LogP contribution in [0.4, 0.5) is 17.1 Å². The molecule has 1 heteroatoms. The van der Waals surface area contributed by atoms with Crippen molar-refractivity contribution in [3.63, 3.8) is 0 Å². The Bertz CT molecular complexity index is 3390. The van der Waals surface area contributed by atoms with Crippen LogP contribution in [-0.2, 0) is 5.41 Å². The minimum Gasteiger partial charge on any atom is -0.310 e. The first-order valence-corrected chi connectivity index (χ1v) is 23.5. The van der Waals surface area contributed by atoms with Crippen molar-refractivity contribution >= 4 is 17.1 Å². The highest BCUT2D eigenvalue weighted by atomic mass is 15.1. The molecule has 0 fully saturated rings. The Hall–Kier alpha value is -8.78. The van der Waals surface area contributed by atoms with E-state index in [0.29, 0.717) is 0 Å². The molecule has 12 rings (SSSR count). The summed E-state index contributed by atoms with van der Waals surface area (Å²) >= 11 is 0. The van der Waals surface area contributed by atoms with Gasteiger partial charge in [-0.15, -0.1) is 0 Å². The molecule has 0 heterocycles. The van der Waals surface area contributed by atoms with Crippen LogP contribution in [0.1, 0.15) is 22.3 Å². The molecule has 1 aliphatic rings. The van der Waals surface area contributed by atoms with Gasteiger partial charge in [0.15, 0.2) is 0 Å². The SMILES string of the molecule is c1ccc(-c2ccc(N(c3ccc(-c4c(-c5ccccc5)cc(-c5ccccc5)cc4-c4ccccc4)cc3)c3ccc4c(c3)C(c3ccccc3)(c3ccccc3)c3ccccc3-4)cc2)cc1. The first-order valence-electron chi connectivity index (χ1n) is 23.5. The van der Waals surface area contributed by atoms with E-state index in [2.05, 4.69) is 290 Å². The minimum atomic E-state index is -0.523. The lowest BCUT2D eigenvalue weighted by atomic mass is 9.67. The van der Waals surface area contributed by atoms with Crippen LogP contribution in [0.15, 0.2) is 285 Å². The van der Waals surface area contributed by atoms with Crippen LogP contribution in [0.25, 0.3) is 66.8 Å². The fraction of sp³-hybridized carbons (Fsp3) is 0.0149. The Balaban J connectivity index is 1.06. The summed E-state index contributed by atoms with van der Waals surface area (Å²) < 4.78 is 0. The summed E-state index contributed by atoms with van der Waals surface area (Å²) in [6.45, 7) is 0. The van der Waals surface area contributed by atoms with Crippen molar-refractivity contribution in [3.05, 3.63) is 307 Å². The van der Waals surface area contributed by atoms with Crippen molar-refractivity contribution in [3.8, 4) is 66.8 Å². The summed E-state index contributed by atoms with van der Waals surface area (Å²) in [5.74, 6) is 0. The fourth-order valence-corrected chi connectivity index (χ4v) is 10.7. The van der Waals surface area contributed by atoms with E-state index in [-0.39, 0.29) is 0 Å². The predicted octanol–water partition coefficient (Wildman–Crippen LogP) is 17.9. The highest BCUT2D eigenvalue weighted by molar-refractivity contribution is 5.98. The first-order chi connectivity index (χ1) is 33.7. The molecule has 0 N–H and O–H groups in total. The molecule has 0 amide bonds. The van der Waals surface area contributed by atoms with Crippen molar-refractivity contribution < 1.29 is 0 Å². The Morgan fingerprint density at radius 2 is 0.588 bits per heavy atom. The molecule has 0 atom stereocenters. The third kappa shape index (κ3) is 7.13. The average molecular weight is 866 g/mol.